The van der Waals surface area contributed by atoms with E-state index in [0.29, 0.717) is 13.0 Å². The molecule has 3 aromatic carbocycles. The third-order valence-electron chi connectivity index (χ3n) is 8.94. The van der Waals surface area contributed by atoms with Crippen LogP contribution in [0.2, 0.25) is 0 Å². The Hall–Kier alpha value is -4.08. The molecule has 2 heterocycles. The van der Waals surface area contributed by atoms with Crippen molar-refractivity contribution in [1.29, 1.82) is 0 Å². The van der Waals surface area contributed by atoms with Gasteiger partial charge in [0.2, 0.25) is 17.7 Å². The van der Waals surface area contributed by atoms with Crippen LogP contribution in [0.5, 0.6) is 0 Å². The Morgan fingerprint density at radius 3 is 2.34 bits per heavy atom. The Bertz CT molecular complexity index is 1550. The summed E-state index contributed by atoms with van der Waals surface area (Å²) in [7, 11) is 1.69. The largest absolute Gasteiger partial charge is 0.344 e. The summed E-state index contributed by atoms with van der Waals surface area (Å²) in [6.07, 6.45) is 0.865. The maximum absolute atomic E-state index is 14.8. The highest BCUT2D eigenvalue weighted by Crippen LogP contribution is 2.35. The third-order valence-corrected chi connectivity index (χ3v) is 8.94. The zero-order chi connectivity index (χ0) is 31.6. The predicted octanol–water partition coefficient (Wildman–Crippen LogP) is 2.67. The van der Waals surface area contributed by atoms with Crippen LogP contribution in [0, 0.1) is 5.41 Å². The molecule has 0 saturated carbocycles. The number of Topliss-reactive ketones (excluding diaryl/α,β-unsaturated/α-hetero) is 1. The summed E-state index contributed by atoms with van der Waals surface area (Å²) < 4.78 is 0. The molecule has 3 aromatic rings. The molecule has 2 fully saturated rings. The van der Waals surface area contributed by atoms with Crippen LogP contribution in [0.3, 0.4) is 0 Å². The summed E-state index contributed by atoms with van der Waals surface area (Å²) in [4.78, 5) is 59.0. The predicted molar refractivity (Wildman–Crippen MR) is 171 cm³/mol. The normalized spacial score (nSPS) is 21.7. The van der Waals surface area contributed by atoms with E-state index in [9.17, 15) is 19.2 Å². The minimum atomic E-state index is -1.49. The van der Waals surface area contributed by atoms with E-state index in [0.717, 1.165) is 21.9 Å². The molecule has 232 valence electrons. The van der Waals surface area contributed by atoms with E-state index in [1.165, 1.54) is 4.90 Å². The SMILES string of the molecule is CN[C@@H](C)C(=O)N[C@H](C(=O)[C@@]12CN(CCc3ccccc3)C(=O)[C@H](Cc3ccc4ccccc4c3)N1C(=O)CN2)C(C)(C)C. The van der Waals surface area contributed by atoms with Gasteiger partial charge in [-0.2, -0.15) is 0 Å². The number of rotatable bonds is 10. The summed E-state index contributed by atoms with van der Waals surface area (Å²) in [5.41, 5.74) is -0.183. The molecule has 0 aromatic heterocycles. The second-order valence-corrected chi connectivity index (χ2v) is 13.1. The van der Waals surface area contributed by atoms with Crippen LogP contribution in [0.4, 0.5) is 0 Å². The topological polar surface area (TPSA) is 111 Å². The van der Waals surface area contributed by atoms with Crippen LogP contribution in [0.25, 0.3) is 10.8 Å². The van der Waals surface area contributed by atoms with Gasteiger partial charge in [-0.25, -0.2) is 0 Å². The van der Waals surface area contributed by atoms with E-state index in [-0.39, 0.29) is 43.0 Å². The van der Waals surface area contributed by atoms with Gasteiger partial charge in [-0.3, -0.25) is 24.5 Å². The minimum Gasteiger partial charge on any atom is -0.344 e. The maximum atomic E-state index is 14.8. The second kappa shape index (κ2) is 12.5. The fourth-order valence-corrected chi connectivity index (χ4v) is 6.31. The van der Waals surface area contributed by atoms with E-state index >= 15 is 0 Å². The number of fused-ring (bicyclic) bond motifs is 2. The standard InChI is InChI=1S/C35H43N5O4/c1-23(36-5)32(43)38-30(34(2,3)4)31(42)35-22-39(18-17-24-11-7-6-8-12-24)33(44)28(40(35)29(41)21-37-35)20-25-15-16-26-13-9-10-14-27(26)19-25/h6-16,19,23,28,30,36-37H,17-18,20-22H2,1-5H3,(H,38,43)/t23-,28-,30+,35+/m0/s1. The highest BCUT2D eigenvalue weighted by Gasteiger charge is 2.62. The number of carbonyl (C=O) groups excluding carboxylic acids is 4. The first-order valence-electron chi connectivity index (χ1n) is 15.3. The summed E-state index contributed by atoms with van der Waals surface area (Å²) in [6.45, 7) is 7.73. The van der Waals surface area contributed by atoms with Crippen molar-refractivity contribution in [3.8, 4) is 0 Å². The van der Waals surface area contributed by atoms with Crippen LogP contribution in [-0.4, -0.2) is 83.8 Å². The summed E-state index contributed by atoms with van der Waals surface area (Å²) >= 11 is 0. The molecule has 0 unspecified atom stereocenters. The van der Waals surface area contributed by atoms with Gasteiger partial charge < -0.3 is 20.4 Å². The molecule has 44 heavy (non-hydrogen) atoms. The molecular formula is C35H43N5O4. The number of carbonyl (C=O) groups is 4. The second-order valence-electron chi connectivity index (χ2n) is 13.1. The van der Waals surface area contributed by atoms with Crippen molar-refractivity contribution in [1.82, 2.24) is 25.8 Å². The lowest BCUT2D eigenvalue weighted by atomic mass is 9.78. The van der Waals surface area contributed by atoms with E-state index < -0.39 is 29.2 Å². The Balaban J connectivity index is 1.55. The molecule has 4 atom stereocenters. The van der Waals surface area contributed by atoms with Crippen LogP contribution >= 0.6 is 0 Å². The van der Waals surface area contributed by atoms with E-state index in [1.54, 1.807) is 18.9 Å². The van der Waals surface area contributed by atoms with Crippen molar-refractivity contribution in [3.63, 3.8) is 0 Å². The molecule has 0 aliphatic carbocycles. The lowest BCUT2D eigenvalue weighted by Gasteiger charge is -2.51. The van der Waals surface area contributed by atoms with E-state index in [4.69, 9.17) is 0 Å². The number of benzene rings is 3. The van der Waals surface area contributed by atoms with Crippen molar-refractivity contribution < 1.29 is 19.2 Å². The maximum Gasteiger partial charge on any atom is 0.245 e. The minimum absolute atomic E-state index is 0.00148. The summed E-state index contributed by atoms with van der Waals surface area (Å²) in [5, 5.41) is 11.3. The molecule has 2 aliphatic rings. The molecule has 0 bridgehead atoms. The quantitative estimate of drug-likeness (QED) is 0.332. The van der Waals surface area contributed by atoms with Crippen LogP contribution in [0.15, 0.2) is 72.8 Å². The van der Waals surface area contributed by atoms with Gasteiger partial charge in [0, 0.05) is 13.0 Å². The van der Waals surface area contributed by atoms with Crippen molar-refractivity contribution in [2.24, 2.45) is 5.41 Å². The average molecular weight is 598 g/mol. The Kier molecular flexibility index (Phi) is 8.90. The first-order chi connectivity index (χ1) is 20.9. The molecule has 0 radical (unpaired) electrons. The molecule has 0 spiro atoms. The molecule has 9 heteroatoms. The highest BCUT2D eigenvalue weighted by molar-refractivity contribution is 6.05. The molecule has 2 aliphatic heterocycles. The van der Waals surface area contributed by atoms with Gasteiger partial charge in [0.15, 0.2) is 11.4 Å². The first-order valence-corrected chi connectivity index (χ1v) is 15.3. The average Bonchev–Trinajstić information content (AvgIpc) is 3.36. The Labute approximate surface area is 259 Å². The fraction of sp³-hybridized carbons (Fsp3) is 0.429. The molecule has 9 nitrogen and oxygen atoms in total. The number of ketones is 1. The molecule has 3 N–H and O–H groups in total. The first kappa shape index (κ1) is 31.3. The van der Waals surface area contributed by atoms with Gasteiger partial charge in [0.25, 0.3) is 0 Å². The molecule has 3 amide bonds. The number of likely N-dealkylation sites (N-methyl/N-ethyl adjacent to an activating group) is 1. The lowest BCUT2D eigenvalue weighted by Crippen LogP contribution is -2.77. The lowest BCUT2D eigenvalue weighted by molar-refractivity contribution is -0.165. The van der Waals surface area contributed by atoms with Crippen molar-refractivity contribution in [2.75, 3.05) is 26.7 Å². The molecule has 2 saturated heterocycles. The Morgan fingerprint density at radius 1 is 0.977 bits per heavy atom. The van der Waals surface area contributed by atoms with Crippen LogP contribution < -0.4 is 16.0 Å². The van der Waals surface area contributed by atoms with Crippen LogP contribution in [0.1, 0.15) is 38.8 Å². The number of hydrogen-bond acceptors (Lipinski definition) is 6. The van der Waals surface area contributed by atoms with Gasteiger partial charge in [-0.15, -0.1) is 0 Å². The van der Waals surface area contributed by atoms with Crippen molar-refractivity contribution >= 4 is 34.3 Å². The number of amides is 3. The van der Waals surface area contributed by atoms with Crippen molar-refractivity contribution in [2.45, 2.75) is 64.3 Å². The van der Waals surface area contributed by atoms with Gasteiger partial charge in [-0.05, 0) is 47.7 Å². The van der Waals surface area contributed by atoms with E-state index in [1.807, 2.05) is 93.6 Å². The zero-order valence-electron chi connectivity index (χ0n) is 26.2. The van der Waals surface area contributed by atoms with Gasteiger partial charge >= 0.3 is 0 Å². The molecular weight excluding hydrogens is 554 g/mol. The summed E-state index contributed by atoms with van der Waals surface area (Å²) in [6, 6.07) is 21.6. The highest BCUT2D eigenvalue weighted by atomic mass is 16.2. The molecule has 5 rings (SSSR count). The number of nitrogens with zero attached hydrogens (tertiary/aromatic N) is 2. The van der Waals surface area contributed by atoms with Gasteiger partial charge in [0.1, 0.15) is 6.04 Å². The smallest absolute Gasteiger partial charge is 0.245 e. The number of hydrogen-bond donors (Lipinski definition) is 3. The number of piperazine rings is 1. The van der Waals surface area contributed by atoms with Crippen LogP contribution in [-0.2, 0) is 32.0 Å². The third kappa shape index (κ3) is 6.12. The zero-order valence-corrected chi connectivity index (χ0v) is 26.2. The van der Waals surface area contributed by atoms with Gasteiger partial charge in [0.05, 0.1) is 25.2 Å². The Morgan fingerprint density at radius 2 is 1.66 bits per heavy atom. The van der Waals surface area contributed by atoms with Gasteiger partial charge in [-0.1, -0.05) is 93.6 Å². The van der Waals surface area contributed by atoms with E-state index in [2.05, 4.69) is 16.0 Å². The number of nitrogens with one attached hydrogen (secondary N) is 3. The summed E-state index contributed by atoms with van der Waals surface area (Å²) in [5.74, 6) is -1.13. The monoisotopic (exact) mass is 597 g/mol. The fourth-order valence-electron chi connectivity index (χ4n) is 6.31. The van der Waals surface area contributed by atoms with Crippen molar-refractivity contribution in [3.05, 3.63) is 83.9 Å².